The molecule has 0 saturated heterocycles. The molecule has 3 unspecified atom stereocenters. The molecule has 0 aromatic rings. The van der Waals surface area contributed by atoms with Crippen LogP contribution >= 0.6 is 0 Å². The summed E-state index contributed by atoms with van der Waals surface area (Å²) in [5.41, 5.74) is -0.915. The zero-order valence-corrected chi connectivity index (χ0v) is 9.38. The molecule has 0 aliphatic rings. The first kappa shape index (κ1) is 12.9. The zero-order chi connectivity index (χ0) is 10.5. The first-order valence-electron chi connectivity index (χ1n) is 5.34. The van der Waals surface area contributed by atoms with E-state index in [1.54, 1.807) is 6.92 Å². The highest BCUT2D eigenvalue weighted by Gasteiger charge is 2.28. The second-order valence-electron chi connectivity index (χ2n) is 4.36. The minimum absolute atomic E-state index is 0.498. The van der Waals surface area contributed by atoms with E-state index in [1.807, 2.05) is 6.92 Å². The Morgan fingerprint density at radius 3 is 2.23 bits per heavy atom. The van der Waals surface area contributed by atoms with Gasteiger partial charge < -0.3 is 10.2 Å². The summed E-state index contributed by atoms with van der Waals surface area (Å²) in [4.78, 5) is 0. The molecule has 0 fully saturated rings. The van der Waals surface area contributed by atoms with Crippen molar-refractivity contribution in [1.29, 1.82) is 0 Å². The van der Waals surface area contributed by atoms with E-state index in [1.165, 1.54) is 0 Å². The molecule has 0 heterocycles. The van der Waals surface area contributed by atoms with Crippen LogP contribution in [0.3, 0.4) is 0 Å². The third kappa shape index (κ3) is 4.63. The first-order chi connectivity index (χ1) is 5.94. The molecule has 0 aromatic carbocycles. The maximum absolute atomic E-state index is 9.76. The van der Waals surface area contributed by atoms with Crippen LogP contribution in [0.4, 0.5) is 0 Å². The van der Waals surface area contributed by atoms with Gasteiger partial charge in [0, 0.05) is 0 Å². The third-order valence-corrected chi connectivity index (χ3v) is 2.84. The van der Waals surface area contributed by atoms with E-state index in [0.717, 1.165) is 12.8 Å². The lowest BCUT2D eigenvalue weighted by atomic mass is 9.88. The van der Waals surface area contributed by atoms with Crippen LogP contribution in [0.15, 0.2) is 0 Å². The van der Waals surface area contributed by atoms with Gasteiger partial charge in [0.05, 0.1) is 11.7 Å². The zero-order valence-electron chi connectivity index (χ0n) is 9.38. The number of aliphatic hydroxyl groups excluding tert-OH is 1. The smallest absolute Gasteiger partial charge is 0.0875 e. The van der Waals surface area contributed by atoms with Gasteiger partial charge in [-0.2, -0.15) is 0 Å². The van der Waals surface area contributed by atoms with Gasteiger partial charge in [-0.15, -0.1) is 0 Å². The Kier molecular flexibility index (Phi) is 5.57. The average Bonchev–Trinajstić information content (AvgIpc) is 2.04. The van der Waals surface area contributed by atoms with Crippen LogP contribution in [0.25, 0.3) is 0 Å². The van der Waals surface area contributed by atoms with Gasteiger partial charge in [-0.25, -0.2) is 0 Å². The molecule has 0 aromatic heterocycles. The lowest BCUT2D eigenvalue weighted by Crippen LogP contribution is -2.39. The normalized spacial score (nSPS) is 20.8. The van der Waals surface area contributed by atoms with Gasteiger partial charge in [-0.3, -0.25) is 0 Å². The summed E-state index contributed by atoms with van der Waals surface area (Å²) in [7, 11) is 0. The summed E-state index contributed by atoms with van der Waals surface area (Å²) < 4.78 is 0. The van der Waals surface area contributed by atoms with Crippen molar-refractivity contribution in [3.05, 3.63) is 0 Å². The van der Waals surface area contributed by atoms with Gasteiger partial charge in [0.15, 0.2) is 0 Å². The highest BCUT2D eigenvalue weighted by atomic mass is 16.3. The van der Waals surface area contributed by atoms with Gasteiger partial charge in [0.2, 0.25) is 0 Å². The Morgan fingerprint density at radius 1 is 1.31 bits per heavy atom. The summed E-state index contributed by atoms with van der Waals surface area (Å²) in [6.45, 7) is 7.86. The van der Waals surface area contributed by atoms with E-state index in [0.29, 0.717) is 18.8 Å². The van der Waals surface area contributed by atoms with Crippen LogP contribution in [0, 0.1) is 5.92 Å². The fourth-order valence-corrected chi connectivity index (χ4v) is 1.48. The fourth-order valence-electron chi connectivity index (χ4n) is 1.48. The van der Waals surface area contributed by atoms with Crippen molar-refractivity contribution in [3.8, 4) is 0 Å². The second kappa shape index (κ2) is 5.61. The van der Waals surface area contributed by atoms with Crippen molar-refractivity contribution in [2.45, 2.75) is 65.1 Å². The number of rotatable bonds is 6. The SMILES string of the molecule is CCCC(C)CC(O)C(C)(O)CC. The molecule has 0 amide bonds. The molecule has 0 saturated carbocycles. The maximum atomic E-state index is 9.76. The van der Waals surface area contributed by atoms with Gasteiger partial charge in [-0.1, -0.05) is 33.6 Å². The largest absolute Gasteiger partial charge is 0.390 e. The third-order valence-electron chi connectivity index (χ3n) is 2.84. The predicted molar refractivity (Wildman–Crippen MR) is 55.6 cm³/mol. The summed E-state index contributed by atoms with van der Waals surface area (Å²) in [5.74, 6) is 0.498. The molecular formula is C11H24O2. The summed E-state index contributed by atoms with van der Waals surface area (Å²) in [5, 5.41) is 19.5. The van der Waals surface area contributed by atoms with Crippen molar-refractivity contribution >= 4 is 0 Å². The molecule has 2 heteroatoms. The van der Waals surface area contributed by atoms with Crippen LogP contribution in [0.2, 0.25) is 0 Å². The molecule has 0 rings (SSSR count). The Morgan fingerprint density at radius 2 is 1.85 bits per heavy atom. The molecule has 2 N–H and O–H groups in total. The quantitative estimate of drug-likeness (QED) is 0.671. The summed E-state index contributed by atoms with van der Waals surface area (Å²) in [6, 6.07) is 0. The standard InChI is InChI=1S/C11H24O2/c1-5-7-9(3)8-10(12)11(4,13)6-2/h9-10,12-13H,5-8H2,1-4H3. The van der Waals surface area contributed by atoms with E-state index in [4.69, 9.17) is 0 Å². The molecular weight excluding hydrogens is 164 g/mol. The average molecular weight is 188 g/mol. The van der Waals surface area contributed by atoms with E-state index in [-0.39, 0.29) is 0 Å². The lowest BCUT2D eigenvalue weighted by molar-refractivity contribution is -0.0728. The number of aliphatic hydroxyl groups is 2. The van der Waals surface area contributed by atoms with Crippen LogP contribution in [0.5, 0.6) is 0 Å². The van der Waals surface area contributed by atoms with Crippen LogP contribution in [-0.2, 0) is 0 Å². The van der Waals surface area contributed by atoms with Crippen molar-refractivity contribution in [2.75, 3.05) is 0 Å². The second-order valence-corrected chi connectivity index (χ2v) is 4.36. The minimum Gasteiger partial charge on any atom is -0.390 e. The number of hydrogen-bond donors (Lipinski definition) is 2. The molecule has 13 heavy (non-hydrogen) atoms. The van der Waals surface area contributed by atoms with Crippen LogP contribution < -0.4 is 0 Å². The Hall–Kier alpha value is -0.0800. The van der Waals surface area contributed by atoms with E-state index >= 15 is 0 Å². The number of hydrogen-bond acceptors (Lipinski definition) is 2. The van der Waals surface area contributed by atoms with Crippen molar-refractivity contribution in [3.63, 3.8) is 0 Å². The Labute approximate surface area is 82.0 Å². The summed E-state index contributed by atoms with van der Waals surface area (Å²) in [6.07, 6.45) is 2.99. The van der Waals surface area contributed by atoms with Gasteiger partial charge >= 0.3 is 0 Å². The highest BCUT2D eigenvalue weighted by molar-refractivity contribution is 4.81. The van der Waals surface area contributed by atoms with Crippen LogP contribution in [-0.4, -0.2) is 21.9 Å². The molecule has 0 aliphatic carbocycles. The Balaban J connectivity index is 3.91. The minimum atomic E-state index is -0.915. The van der Waals surface area contributed by atoms with Gasteiger partial charge in [0.25, 0.3) is 0 Å². The van der Waals surface area contributed by atoms with Gasteiger partial charge in [0.1, 0.15) is 0 Å². The van der Waals surface area contributed by atoms with E-state index < -0.39 is 11.7 Å². The molecule has 0 aliphatic heterocycles. The van der Waals surface area contributed by atoms with Gasteiger partial charge in [-0.05, 0) is 25.7 Å². The van der Waals surface area contributed by atoms with Crippen molar-refractivity contribution in [1.82, 2.24) is 0 Å². The fraction of sp³-hybridized carbons (Fsp3) is 1.00. The molecule has 3 atom stereocenters. The molecule has 0 spiro atoms. The van der Waals surface area contributed by atoms with Crippen molar-refractivity contribution in [2.24, 2.45) is 5.92 Å². The maximum Gasteiger partial charge on any atom is 0.0875 e. The Bertz CT molecular complexity index is 132. The first-order valence-corrected chi connectivity index (χ1v) is 5.34. The lowest BCUT2D eigenvalue weighted by Gasteiger charge is -2.29. The van der Waals surface area contributed by atoms with E-state index in [9.17, 15) is 10.2 Å². The highest BCUT2D eigenvalue weighted by Crippen LogP contribution is 2.22. The predicted octanol–water partition coefficient (Wildman–Crippen LogP) is 2.33. The van der Waals surface area contributed by atoms with Crippen molar-refractivity contribution < 1.29 is 10.2 Å². The molecule has 0 bridgehead atoms. The molecule has 2 nitrogen and oxygen atoms in total. The topological polar surface area (TPSA) is 40.5 Å². The van der Waals surface area contributed by atoms with E-state index in [2.05, 4.69) is 13.8 Å². The monoisotopic (exact) mass is 188 g/mol. The van der Waals surface area contributed by atoms with Crippen LogP contribution in [0.1, 0.15) is 53.4 Å². The molecule has 0 radical (unpaired) electrons. The summed E-state index contributed by atoms with van der Waals surface area (Å²) >= 11 is 0. The molecule has 80 valence electrons.